The molecule has 0 fully saturated rings. The number of rotatable bonds is 5. The summed E-state index contributed by atoms with van der Waals surface area (Å²) in [5.74, 6) is -1.43. The van der Waals surface area contributed by atoms with Gasteiger partial charge in [-0.1, -0.05) is 27.5 Å². The molecule has 0 radical (unpaired) electrons. The lowest BCUT2D eigenvalue weighted by molar-refractivity contribution is 0.0591. The maximum atomic E-state index is 15.4. The third kappa shape index (κ3) is 6.69. The molecule has 0 bridgehead atoms. The molecule has 0 saturated carbocycles. The molecular weight excluding hydrogens is 588 g/mol. The van der Waals surface area contributed by atoms with Crippen LogP contribution in [0.2, 0.25) is 5.02 Å². The molecule has 1 amide bonds. The number of hydrogen-bond donors (Lipinski definition) is 1. The van der Waals surface area contributed by atoms with Gasteiger partial charge in [-0.3, -0.25) is 0 Å². The first kappa shape index (κ1) is 27.3. The van der Waals surface area contributed by atoms with Gasteiger partial charge in [-0.2, -0.15) is 8.42 Å². The molecule has 13 heteroatoms. The van der Waals surface area contributed by atoms with E-state index in [1.165, 1.54) is 17.5 Å². The highest BCUT2D eigenvalue weighted by molar-refractivity contribution is 9.10. The molecule has 1 N–H and O–H groups in total. The average Bonchev–Trinajstić information content (AvgIpc) is 3.22. The molecule has 2 aromatic carbocycles. The highest BCUT2D eigenvalue weighted by atomic mass is 79.9. The first-order valence-corrected chi connectivity index (χ1v) is 14.2. The fourth-order valence-electron chi connectivity index (χ4n) is 3.05. The fraction of sp³-hybridized carbons (Fsp3) is 0.273. The minimum atomic E-state index is -2.50. The van der Waals surface area contributed by atoms with E-state index in [1.807, 2.05) is 0 Å². The quantitative estimate of drug-likeness (QED) is 0.416. The zero-order valence-corrected chi connectivity index (χ0v) is 22.9. The number of nitrogens with zero attached hydrogens (tertiary/aromatic N) is 2. The predicted molar refractivity (Wildman–Crippen MR) is 139 cm³/mol. The van der Waals surface area contributed by atoms with Crippen molar-refractivity contribution < 1.29 is 26.7 Å². The molecule has 0 aliphatic carbocycles. The maximum Gasteiger partial charge on any atom is 0.420 e. The Morgan fingerprint density at radius 2 is 1.91 bits per heavy atom. The first-order chi connectivity index (χ1) is 16.3. The lowest BCUT2D eigenvalue weighted by atomic mass is 10.1. The van der Waals surface area contributed by atoms with Gasteiger partial charge in [0.2, 0.25) is 9.26 Å². The van der Waals surface area contributed by atoms with Crippen LogP contribution in [0.4, 0.5) is 25.0 Å². The van der Waals surface area contributed by atoms with Crippen molar-refractivity contribution in [3.8, 4) is 0 Å². The summed E-state index contributed by atoms with van der Waals surface area (Å²) >= 11 is 9.70. The second-order valence-corrected chi connectivity index (χ2v) is 13.2. The van der Waals surface area contributed by atoms with Crippen molar-refractivity contribution in [2.45, 2.75) is 39.3 Å². The Balaban J connectivity index is 2.02. The topological polar surface area (TPSA) is 88.1 Å². The van der Waals surface area contributed by atoms with Crippen LogP contribution in [0.25, 0.3) is 0 Å². The number of amides is 1. The molecule has 0 saturated heterocycles. The maximum absolute atomic E-state index is 15.4. The van der Waals surface area contributed by atoms with Gasteiger partial charge in [-0.25, -0.2) is 23.5 Å². The van der Waals surface area contributed by atoms with E-state index >= 15 is 4.39 Å². The van der Waals surface area contributed by atoms with E-state index in [2.05, 4.69) is 26.2 Å². The number of aliphatic imine (C=N–C) groups is 1. The first-order valence-electron chi connectivity index (χ1n) is 10.1. The Morgan fingerprint density at radius 1 is 1.23 bits per heavy atom. The standard InChI is InChI=1S/C22H21BrClF2N3O4S2/c1-12(14-7-13(23)5-6-16(14)25)28-18-9-17(26)19(8-15(18)24)29(21(30)33-22(2,3)4)20-10-34(11-27-20)35(31)32/h5-12,28H,1-4H3/t12?,34-/m0/s1. The van der Waals surface area contributed by atoms with Gasteiger partial charge in [0.1, 0.15) is 17.2 Å². The lowest BCUT2D eigenvalue weighted by Crippen LogP contribution is -2.36. The fourth-order valence-corrected chi connectivity index (χ4v) is 5.27. The Kier molecular flexibility index (Phi) is 8.40. The van der Waals surface area contributed by atoms with E-state index in [0.717, 1.165) is 16.5 Å². The summed E-state index contributed by atoms with van der Waals surface area (Å²) in [7, 11) is -3.89. The molecule has 1 heterocycles. The minimum Gasteiger partial charge on any atom is -0.443 e. The van der Waals surface area contributed by atoms with E-state index in [4.69, 9.17) is 16.3 Å². The molecule has 1 aliphatic heterocycles. The van der Waals surface area contributed by atoms with E-state index < -0.39 is 48.1 Å². The van der Waals surface area contributed by atoms with E-state index in [0.29, 0.717) is 10.0 Å². The molecule has 0 spiro atoms. The minimum absolute atomic E-state index is 0.0335. The van der Waals surface area contributed by atoms with Crippen LogP contribution < -0.4 is 10.2 Å². The molecule has 35 heavy (non-hydrogen) atoms. The molecular formula is C22H21BrClF2N3O4S2. The van der Waals surface area contributed by atoms with Crippen LogP contribution in [0.5, 0.6) is 0 Å². The Bertz CT molecular complexity index is 1380. The molecule has 0 aromatic heterocycles. The normalized spacial score (nSPS) is 16.0. The Hall–Kier alpha value is -2.28. The van der Waals surface area contributed by atoms with Gasteiger partial charge in [-0.15, -0.1) is 0 Å². The van der Waals surface area contributed by atoms with Crippen molar-refractivity contribution >= 4 is 69.3 Å². The number of nitrogens with one attached hydrogen (secondary N) is 1. The molecule has 2 aromatic rings. The van der Waals surface area contributed by atoms with Crippen LogP contribution in [0, 0.1) is 11.6 Å². The lowest BCUT2D eigenvalue weighted by Gasteiger charge is -2.27. The Labute approximate surface area is 218 Å². The van der Waals surface area contributed by atoms with Crippen LogP contribution in [-0.2, 0) is 23.5 Å². The number of ether oxygens (including phenoxy) is 1. The van der Waals surface area contributed by atoms with E-state index in [-0.39, 0.29) is 22.2 Å². The van der Waals surface area contributed by atoms with E-state index in [9.17, 15) is 17.6 Å². The summed E-state index contributed by atoms with van der Waals surface area (Å²) in [5.41, 5.74) is 0.416. The van der Waals surface area contributed by atoms with Gasteiger partial charge in [0, 0.05) is 31.0 Å². The number of carbonyl (C=O) groups excluding carboxylic acids is 1. The predicted octanol–water partition coefficient (Wildman–Crippen LogP) is 6.55. The number of anilines is 2. The van der Waals surface area contributed by atoms with Gasteiger partial charge in [0.25, 0.3) is 0 Å². The zero-order valence-electron chi connectivity index (χ0n) is 19.0. The zero-order chi connectivity index (χ0) is 26.1. The Morgan fingerprint density at radius 3 is 2.51 bits per heavy atom. The smallest absolute Gasteiger partial charge is 0.420 e. The number of carbonyl (C=O) groups is 1. The van der Waals surface area contributed by atoms with Crippen LogP contribution >= 0.6 is 27.5 Å². The van der Waals surface area contributed by atoms with Gasteiger partial charge in [0.15, 0.2) is 5.82 Å². The number of benzene rings is 2. The van der Waals surface area contributed by atoms with E-state index in [1.54, 1.807) is 39.8 Å². The molecule has 188 valence electrons. The highest BCUT2D eigenvalue weighted by Crippen LogP contribution is 2.36. The highest BCUT2D eigenvalue weighted by Gasteiger charge is 2.31. The van der Waals surface area contributed by atoms with Crippen LogP contribution in [-0.4, -0.2) is 25.7 Å². The van der Waals surface area contributed by atoms with Crippen molar-refractivity contribution in [1.29, 1.82) is 0 Å². The molecule has 1 aliphatic rings. The summed E-state index contributed by atoms with van der Waals surface area (Å²) in [5, 5.41) is 4.22. The van der Waals surface area contributed by atoms with Crippen molar-refractivity contribution in [2.75, 3.05) is 10.2 Å². The summed E-state index contributed by atoms with van der Waals surface area (Å²) in [4.78, 5) is 17.8. The van der Waals surface area contributed by atoms with Crippen molar-refractivity contribution in [3.05, 3.63) is 68.3 Å². The van der Waals surface area contributed by atoms with Crippen molar-refractivity contribution in [1.82, 2.24) is 0 Å². The summed E-state index contributed by atoms with van der Waals surface area (Å²) in [6, 6.07) is 6.14. The SMILES string of the molecule is CC(Nc1cc(F)c(N(C(=O)OC(C)(C)C)C2=C[S@](=S(=O)=O)C=N2)cc1Cl)c1cc(Br)ccc1F. The number of hydrogen-bond acceptors (Lipinski definition) is 6. The molecule has 2 atom stereocenters. The summed E-state index contributed by atoms with van der Waals surface area (Å²) < 4.78 is 58.4. The molecule has 3 rings (SSSR count). The third-order valence-corrected chi connectivity index (χ3v) is 7.91. The largest absolute Gasteiger partial charge is 0.443 e. The van der Waals surface area contributed by atoms with Gasteiger partial charge < -0.3 is 10.1 Å². The van der Waals surface area contributed by atoms with Crippen LogP contribution in [0.15, 0.2) is 51.0 Å². The van der Waals surface area contributed by atoms with Crippen molar-refractivity contribution in [2.24, 2.45) is 4.99 Å². The summed E-state index contributed by atoms with van der Waals surface area (Å²) in [6.07, 6.45) is -0.969. The molecule has 7 nitrogen and oxygen atoms in total. The van der Waals surface area contributed by atoms with Gasteiger partial charge in [-0.05, 0) is 52.0 Å². The monoisotopic (exact) mass is 607 g/mol. The average molecular weight is 609 g/mol. The second kappa shape index (κ2) is 10.8. The van der Waals surface area contributed by atoms with Gasteiger partial charge >= 0.3 is 6.09 Å². The third-order valence-electron chi connectivity index (χ3n) is 4.55. The van der Waals surface area contributed by atoms with Crippen molar-refractivity contribution in [3.63, 3.8) is 0 Å². The summed E-state index contributed by atoms with van der Waals surface area (Å²) in [6.45, 7) is 6.57. The second-order valence-electron chi connectivity index (χ2n) is 8.37. The van der Waals surface area contributed by atoms with Gasteiger partial charge in [0.05, 0.1) is 28.0 Å². The van der Waals surface area contributed by atoms with Crippen LogP contribution in [0.1, 0.15) is 39.3 Å². The number of halogens is 4. The molecule has 1 unspecified atom stereocenters. The van der Waals surface area contributed by atoms with Crippen LogP contribution in [0.3, 0.4) is 0 Å².